The van der Waals surface area contributed by atoms with Gasteiger partial charge in [-0.15, -0.1) is 0 Å². The van der Waals surface area contributed by atoms with E-state index in [-0.39, 0.29) is 18.3 Å². The van der Waals surface area contributed by atoms with Crippen molar-refractivity contribution in [1.29, 1.82) is 0 Å². The molecule has 2 aromatic carbocycles. The van der Waals surface area contributed by atoms with Crippen molar-refractivity contribution in [1.82, 2.24) is 4.90 Å². The average molecular weight is 424 g/mol. The molecule has 0 radical (unpaired) electrons. The van der Waals surface area contributed by atoms with E-state index in [1.54, 1.807) is 11.0 Å². The molecule has 0 spiro atoms. The normalized spacial score (nSPS) is 12.6. The summed E-state index contributed by atoms with van der Waals surface area (Å²) in [5.74, 6) is 0.656. The van der Waals surface area contributed by atoms with E-state index >= 15 is 0 Å². The van der Waals surface area contributed by atoms with Gasteiger partial charge in [-0.3, -0.25) is 4.79 Å². The van der Waals surface area contributed by atoms with Crippen molar-refractivity contribution < 1.29 is 23.4 Å². The largest absolute Gasteiger partial charge is 0.486 e. The smallest absolute Gasteiger partial charge is 0.260 e. The van der Waals surface area contributed by atoms with Gasteiger partial charge in [0.05, 0.1) is 0 Å². The molecule has 1 aliphatic rings. The third-order valence-electron chi connectivity index (χ3n) is 3.99. The molecule has 0 aromatic heterocycles. The Balaban J connectivity index is 1.66. The quantitative estimate of drug-likeness (QED) is 0.708. The van der Waals surface area contributed by atoms with Crippen LogP contribution in [0.5, 0.6) is 17.2 Å². The van der Waals surface area contributed by atoms with Gasteiger partial charge in [0, 0.05) is 23.1 Å². The Kier molecular flexibility index (Phi) is 5.98. The number of para-hydroxylation sites is 1. The van der Waals surface area contributed by atoms with Crippen LogP contribution in [0.3, 0.4) is 0 Å². The average Bonchev–Trinajstić information content (AvgIpc) is 2.65. The number of hydrogen-bond acceptors (Lipinski definition) is 4. The number of benzene rings is 2. The predicted molar refractivity (Wildman–Crippen MR) is 98.1 cm³/mol. The molecule has 0 atom stereocenters. The number of likely N-dealkylation sites (N-methyl/N-ethyl adjacent to an activating group) is 1. The molecule has 0 bridgehead atoms. The number of ether oxygens (including phenoxy) is 3. The molecule has 5 nitrogen and oxygen atoms in total. The lowest BCUT2D eigenvalue weighted by atomic mass is 10.1. The van der Waals surface area contributed by atoms with Crippen LogP contribution in [0, 0.1) is 5.82 Å². The molecule has 1 amide bonds. The Morgan fingerprint density at radius 3 is 2.85 bits per heavy atom. The molecule has 138 valence electrons. The number of halogens is 2. The maximum Gasteiger partial charge on any atom is 0.260 e. The Morgan fingerprint density at radius 2 is 2.08 bits per heavy atom. The summed E-state index contributed by atoms with van der Waals surface area (Å²) in [5, 5.41) is 0. The van der Waals surface area contributed by atoms with Crippen molar-refractivity contribution in [3.8, 4) is 17.2 Å². The van der Waals surface area contributed by atoms with Gasteiger partial charge in [-0.2, -0.15) is 0 Å². The number of carbonyl (C=O) groups is 1. The monoisotopic (exact) mass is 423 g/mol. The second kappa shape index (κ2) is 8.40. The first-order chi connectivity index (χ1) is 12.6. The van der Waals surface area contributed by atoms with Crippen molar-refractivity contribution in [3.05, 3.63) is 52.3 Å². The number of hydrogen-bond donors (Lipinski definition) is 0. The van der Waals surface area contributed by atoms with E-state index in [1.807, 2.05) is 25.1 Å². The molecule has 2 aromatic rings. The van der Waals surface area contributed by atoms with Crippen LogP contribution in [0.2, 0.25) is 0 Å². The van der Waals surface area contributed by atoms with Gasteiger partial charge < -0.3 is 19.1 Å². The minimum Gasteiger partial charge on any atom is -0.486 e. The summed E-state index contributed by atoms with van der Waals surface area (Å²) in [6.07, 6.45) is 0. The molecule has 0 aliphatic carbocycles. The first-order valence-electron chi connectivity index (χ1n) is 8.31. The number of rotatable bonds is 6. The molecule has 3 rings (SSSR count). The van der Waals surface area contributed by atoms with Gasteiger partial charge in [0.2, 0.25) is 0 Å². The molecule has 0 N–H and O–H groups in total. The maximum atomic E-state index is 13.8. The van der Waals surface area contributed by atoms with Crippen molar-refractivity contribution in [2.24, 2.45) is 0 Å². The van der Waals surface area contributed by atoms with Gasteiger partial charge >= 0.3 is 0 Å². The summed E-state index contributed by atoms with van der Waals surface area (Å²) in [6.45, 7) is 3.50. The predicted octanol–water partition coefficient (Wildman–Crippen LogP) is 3.79. The highest BCUT2D eigenvalue weighted by atomic mass is 79.9. The Morgan fingerprint density at radius 1 is 1.27 bits per heavy atom. The first kappa shape index (κ1) is 18.5. The summed E-state index contributed by atoms with van der Waals surface area (Å²) in [4.78, 5) is 14.1. The van der Waals surface area contributed by atoms with Gasteiger partial charge in [0.25, 0.3) is 5.91 Å². The number of carbonyl (C=O) groups excluding carboxylic acids is 1. The zero-order valence-electron chi connectivity index (χ0n) is 14.3. The molecule has 0 unspecified atom stereocenters. The molecule has 1 aliphatic heterocycles. The number of fused-ring (bicyclic) bond motifs is 1. The highest BCUT2D eigenvalue weighted by Gasteiger charge is 2.20. The molecule has 0 saturated carbocycles. The zero-order valence-corrected chi connectivity index (χ0v) is 15.9. The Hall–Kier alpha value is -2.28. The molecular weight excluding hydrogens is 405 g/mol. The summed E-state index contributed by atoms with van der Waals surface area (Å²) >= 11 is 3.19. The zero-order chi connectivity index (χ0) is 18.5. The fourth-order valence-electron chi connectivity index (χ4n) is 2.66. The lowest BCUT2D eigenvalue weighted by Gasteiger charge is -2.25. The SMILES string of the molecule is CCN(Cc1cccc2c1OCCO2)C(=O)COc1ccc(Br)cc1F. The lowest BCUT2D eigenvalue weighted by molar-refractivity contribution is -0.133. The van der Waals surface area contributed by atoms with E-state index in [1.165, 1.54) is 12.1 Å². The van der Waals surface area contributed by atoms with Crippen LogP contribution in [-0.2, 0) is 11.3 Å². The van der Waals surface area contributed by atoms with E-state index in [0.29, 0.717) is 42.3 Å². The molecular formula is C19H19BrFNO4. The van der Waals surface area contributed by atoms with Crippen molar-refractivity contribution in [2.75, 3.05) is 26.4 Å². The molecule has 0 saturated heterocycles. The van der Waals surface area contributed by atoms with Gasteiger partial charge in [-0.05, 0) is 31.2 Å². The van der Waals surface area contributed by atoms with Crippen molar-refractivity contribution in [2.45, 2.75) is 13.5 Å². The topological polar surface area (TPSA) is 48.0 Å². The third kappa shape index (κ3) is 4.27. The minimum absolute atomic E-state index is 0.0476. The first-order valence-corrected chi connectivity index (χ1v) is 9.11. The van der Waals surface area contributed by atoms with Crippen LogP contribution in [0.15, 0.2) is 40.9 Å². The van der Waals surface area contributed by atoms with Crippen LogP contribution >= 0.6 is 15.9 Å². The molecule has 0 fully saturated rings. The second-order valence-electron chi connectivity index (χ2n) is 5.71. The van der Waals surface area contributed by atoms with E-state index in [2.05, 4.69) is 15.9 Å². The van der Waals surface area contributed by atoms with Crippen LogP contribution in [0.1, 0.15) is 12.5 Å². The Bertz CT molecular complexity index is 799. The molecule has 7 heteroatoms. The van der Waals surface area contributed by atoms with Crippen molar-refractivity contribution in [3.63, 3.8) is 0 Å². The molecule has 1 heterocycles. The van der Waals surface area contributed by atoms with Crippen LogP contribution < -0.4 is 14.2 Å². The van der Waals surface area contributed by atoms with E-state index < -0.39 is 5.82 Å². The van der Waals surface area contributed by atoms with Gasteiger partial charge in [-0.25, -0.2) is 4.39 Å². The van der Waals surface area contributed by atoms with Gasteiger partial charge in [-0.1, -0.05) is 28.1 Å². The van der Waals surface area contributed by atoms with Gasteiger partial charge in [0.1, 0.15) is 13.2 Å². The van der Waals surface area contributed by atoms with Crippen LogP contribution in [0.4, 0.5) is 4.39 Å². The highest BCUT2D eigenvalue weighted by molar-refractivity contribution is 9.10. The minimum atomic E-state index is -0.516. The Labute approximate surface area is 159 Å². The van der Waals surface area contributed by atoms with Crippen LogP contribution in [0.25, 0.3) is 0 Å². The summed E-state index contributed by atoms with van der Waals surface area (Å²) < 4.78 is 31.0. The number of amides is 1. The summed E-state index contributed by atoms with van der Waals surface area (Å²) in [5.41, 5.74) is 0.868. The third-order valence-corrected chi connectivity index (χ3v) is 4.48. The maximum absolute atomic E-state index is 13.8. The van der Waals surface area contributed by atoms with Crippen molar-refractivity contribution >= 4 is 21.8 Å². The molecule has 26 heavy (non-hydrogen) atoms. The number of nitrogens with zero attached hydrogens (tertiary/aromatic N) is 1. The summed E-state index contributed by atoms with van der Waals surface area (Å²) in [7, 11) is 0. The lowest BCUT2D eigenvalue weighted by Crippen LogP contribution is -2.34. The van der Waals surface area contributed by atoms with E-state index in [4.69, 9.17) is 14.2 Å². The summed E-state index contributed by atoms with van der Waals surface area (Å²) in [6, 6.07) is 10.1. The van der Waals surface area contributed by atoms with E-state index in [9.17, 15) is 9.18 Å². The van der Waals surface area contributed by atoms with Crippen LogP contribution in [-0.4, -0.2) is 37.2 Å². The standard InChI is InChI=1S/C19H19BrFNO4/c1-2-22(11-13-4-3-5-17-19(13)25-9-8-24-17)18(23)12-26-16-7-6-14(20)10-15(16)21/h3-7,10H,2,8-9,11-12H2,1H3. The highest BCUT2D eigenvalue weighted by Crippen LogP contribution is 2.34. The van der Waals surface area contributed by atoms with Gasteiger partial charge in [0.15, 0.2) is 29.7 Å². The van der Waals surface area contributed by atoms with E-state index in [0.717, 1.165) is 5.56 Å². The fraction of sp³-hybridized carbons (Fsp3) is 0.316. The second-order valence-corrected chi connectivity index (χ2v) is 6.63. The fourth-order valence-corrected chi connectivity index (χ4v) is 3.00.